The number of rotatable bonds is 2. The summed E-state index contributed by atoms with van der Waals surface area (Å²) in [5, 5.41) is 1.44. The molecule has 1 heteroatoms. The molecule has 0 amide bonds. The molecule has 0 N–H and O–H groups in total. The lowest BCUT2D eigenvalue weighted by Gasteiger charge is -1.94. The Kier molecular flexibility index (Phi) is 2.36. The zero-order valence-corrected chi connectivity index (χ0v) is 8.95. The van der Waals surface area contributed by atoms with Gasteiger partial charge in [-0.15, -0.1) is 11.3 Å². The van der Waals surface area contributed by atoms with Gasteiger partial charge in [0.25, 0.3) is 0 Å². The minimum Gasteiger partial charge on any atom is -0.140 e. The van der Waals surface area contributed by atoms with E-state index in [9.17, 15) is 0 Å². The fraction of sp³-hybridized carbons (Fsp3) is 0.333. The Balaban J connectivity index is 2.60. The first-order valence-corrected chi connectivity index (χ1v) is 5.61. The van der Waals surface area contributed by atoms with Crippen molar-refractivity contribution < 1.29 is 0 Å². The van der Waals surface area contributed by atoms with Gasteiger partial charge >= 0.3 is 0 Å². The Morgan fingerprint density at radius 2 is 2.00 bits per heavy atom. The molecule has 0 atom stereocenters. The van der Waals surface area contributed by atoms with Crippen molar-refractivity contribution in [3.63, 3.8) is 0 Å². The summed E-state index contributed by atoms with van der Waals surface area (Å²) < 4.78 is 1.43. The summed E-state index contributed by atoms with van der Waals surface area (Å²) in [6.07, 6.45) is 2.47. The third-order valence-electron chi connectivity index (χ3n) is 2.42. The second-order valence-electron chi connectivity index (χ2n) is 3.40. The molecular weight excluding hydrogens is 176 g/mol. The molecule has 0 bridgehead atoms. The Bertz CT molecular complexity index is 412. The van der Waals surface area contributed by atoms with Gasteiger partial charge in [0.15, 0.2) is 0 Å². The number of aryl methyl sites for hydroxylation is 2. The van der Waals surface area contributed by atoms with Gasteiger partial charge in [0.1, 0.15) is 0 Å². The summed E-state index contributed by atoms with van der Waals surface area (Å²) in [4.78, 5) is 1.56. The number of hydrogen-bond donors (Lipinski definition) is 0. The second kappa shape index (κ2) is 3.51. The number of fused-ring (bicyclic) bond motifs is 1. The topological polar surface area (TPSA) is 0 Å². The summed E-state index contributed by atoms with van der Waals surface area (Å²) in [5.74, 6) is 0. The van der Waals surface area contributed by atoms with Crippen molar-refractivity contribution in [3.05, 3.63) is 34.7 Å². The van der Waals surface area contributed by atoms with Crippen LogP contribution in [0, 0.1) is 6.92 Å². The van der Waals surface area contributed by atoms with Crippen LogP contribution in [0.15, 0.2) is 24.3 Å². The smallest absolute Gasteiger partial charge is 0.0348 e. The highest BCUT2D eigenvalue weighted by molar-refractivity contribution is 7.19. The lowest BCUT2D eigenvalue weighted by molar-refractivity contribution is 0.934. The van der Waals surface area contributed by atoms with Gasteiger partial charge in [0, 0.05) is 9.58 Å². The van der Waals surface area contributed by atoms with Crippen molar-refractivity contribution >= 4 is 21.4 Å². The van der Waals surface area contributed by atoms with Gasteiger partial charge in [0.05, 0.1) is 0 Å². The maximum atomic E-state index is 2.24. The molecule has 2 aromatic rings. The van der Waals surface area contributed by atoms with Crippen LogP contribution in [-0.2, 0) is 6.42 Å². The zero-order chi connectivity index (χ0) is 9.26. The van der Waals surface area contributed by atoms with Crippen molar-refractivity contribution in [2.45, 2.75) is 26.7 Å². The molecule has 0 spiro atoms. The molecule has 0 aliphatic heterocycles. The summed E-state index contributed by atoms with van der Waals surface area (Å²) in [7, 11) is 0. The van der Waals surface area contributed by atoms with E-state index in [4.69, 9.17) is 0 Å². The molecule has 1 aromatic carbocycles. The Morgan fingerprint density at radius 3 is 2.69 bits per heavy atom. The molecule has 1 aromatic heterocycles. The molecule has 2 rings (SSSR count). The normalized spacial score (nSPS) is 10.9. The van der Waals surface area contributed by atoms with Gasteiger partial charge in [-0.1, -0.05) is 31.5 Å². The van der Waals surface area contributed by atoms with E-state index in [0.29, 0.717) is 0 Å². The van der Waals surface area contributed by atoms with Gasteiger partial charge in [-0.05, 0) is 30.4 Å². The van der Waals surface area contributed by atoms with E-state index in [2.05, 4.69) is 38.1 Å². The van der Waals surface area contributed by atoms with E-state index >= 15 is 0 Å². The molecule has 0 radical (unpaired) electrons. The van der Waals surface area contributed by atoms with E-state index in [1.165, 1.54) is 28.5 Å². The first-order chi connectivity index (χ1) is 6.33. The molecule has 0 aliphatic carbocycles. The van der Waals surface area contributed by atoms with Crippen LogP contribution in [0.4, 0.5) is 0 Å². The standard InChI is InChI=1S/C12H14S/c1-3-6-11-9(2)10-7-4-5-8-12(10)13-11/h4-5,7-8H,3,6H2,1-2H3. The third-order valence-corrected chi connectivity index (χ3v) is 3.75. The summed E-state index contributed by atoms with van der Waals surface area (Å²) in [5.41, 5.74) is 1.49. The quantitative estimate of drug-likeness (QED) is 0.667. The van der Waals surface area contributed by atoms with Crippen LogP contribution in [0.25, 0.3) is 10.1 Å². The van der Waals surface area contributed by atoms with E-state index in [1.807, 2.05) is 11.3 Å². The molecule has 13 heavy (non-hydrogen) atoms. The number of benzene rings is 1. The van der Waals surface area contributed by atoms with E-state index in [-0.39, 0.29) is 0 Å². The Labute approximate surface area is 83.2 Å². The van der Waals surface area contributed by atoms with E-state index in [1.54, 1.807) is 4.88 Å². The average Bonchev–Trinajstić information content (AvgIpc) is 2.46. The van der Waals surface area contributed by atoms with Gasteiger partial charge in [-0.3, -0.25) is 0 Å². The van der Waals surface area contributed by atoms with Gasteiger partial charge in [0.2, 0.25) is 0 Å². The lowest BCUT2D eigenvalue weighted by Crippen LogP contribution is -1.79. The largest absolute Gasteiger partial charge is 0.140 e. The molecule has 0 saturated heterocycles. The minimum absolute atomic E-state index is 1.23. The molecule has 0 unspecified atom stereocenters. The highest BCUT2D eigenvalue weighted by atomic mass is 32.1. The first kappa shape index (κ1) is 8.76. The molecule has 0 saturated carbocycles. The van der Waals surface area contributed by atoms with Crippen LogP contribution >= 0.6 is 11.3 Å². The Hall–Kier alpha value is -0.820. The van der Waals surface area contributed by atoms with E-state index in [0.717, 1.165) is 0 Å². The lowest BCUT2D eigenvalue weighted by atomic mass is 10.1. The predicted molar refractivity (Wildman–Crippen MR) is 60.6 cm³/mol. The number of thiophene rings is 1. The molecule has 68 valence electrons. The van der Waals surface area contributed by atoms with Gasteiger partial charge in [-0.2, -0.15) is 0 Å². The van der Waals surface area contributed by atoms with Gasteiger partial charge < -0.3 is 0 Å². The SMILES string of the molecule is CCCc1sc2ccccc2c1C. The monoisotopic (exact) mass is 190 g/mol. The van der Waals surface area contributed by atoms with Gasteiger partial charge in [-0.25, -0.2) is 0 Å². The number of hydrogen-bond acceptors (Lipinski definition) is 1. The van der Waals surface area contributed by atoms with Crippen LogP contribution in [-0.4, -0.2) is 0 Å². The van der Waals surface area contributed by atoms with Crippen LogP contribution < -0.4 is 0 Å². The van der Waals surface area contributed by atoms with Crippen molar-refractivity contribution in [3.8, 4) is 0 Å². The highest BCUT2D eigenvalue weighted by Gasteiger charge is 2.05. The molecule has 0 nitrogen and oxygen atoms in total. The third kappa shape index (κ3) is 1.49. The molecule has 0 aliphatic rings. The maximum absolute atomic E-state index is 2.24. The summed E-state index contributed by atoms with van der Waals surface area (Å²) in [6, 6.07) is 8.68. The fourth-order valence-electron chi connectivity index (χ4n) is 1.69. The fourth-order valence-corrected chi connectivity index (χ4v) is 3.00. The average molecular weight is 190 g/mol. The van der Waals surface area contributed by atoms with Crippen LogP contribution in [0.1, 0.15) is 23.8 Å². The minimum atomic E-state index is 1.23. The first-order valence-electron chi connectivity index (χ1n) is 4.80. The van der Waals surface area contributed by atoms with Crippen molar-refractivity contribution in [1.82, 2.24) is 0 Å². The molecular formula is C12H14S. The van der Waals surface area contributed by atoms with Crippen LogP contribution in [0.3, 0.4) is 0 Å². The molecule has 1 heterocycles. The Morgan fingerprint density at radius 1 is 1.23 bits per heavy atom. The summed E-state index contributed by atoms with van der Waals surface area (Å²) >= 11 is 1.95. The van der Waals surface area contributed by atoms with E-state index < -0.39 is 0 Å². The van der Waals surface area contributed by atoms with Crippen molar-refractivity contribution in [1.29, 1.82) is 0 Å². The second-order valence-corrected chi connectivity index (χ2v) is 4.53. The van der Waals surface area contributed by atoms with Crippen molar-refractivity contribution in [2.75, 3.05) is 0 Å². The maximum Gasteiger partial charge on any atom is 0.0348 e. The predicted octanol–water partition coefficient (Wildman–Crippen LogP) is 4.16. The van der Waals surface area contributed by atoms with Crippen LogP contribution in [0.2, 0.25) is 0 Å². The highest BCUT2D eigenvalue weighted by Crippen LogP contribution is 2.31. The van der Waals surface area contributed by atoms with Crippen LogP contribution in [0.5, 0.6) is 0 Å². The molecule has 0 fully saturated rings. The van der Waals surface area contributed by atoms with Crippen molar-refractivity contribution in [2.24, 2.45) is 0 Å². The zero-order valence-electron chi connectivity index (χ0n) is 8.13. The summed E-state index contributed by atoms with van der Waals surface area (Å²) in [6.45, 7) is 4.48.